The molecule has 2 aliphatic rings. The zero-order chi connectivity index (χ0) is 13.7. The molecule has 3 atom stereocenters. The highest BCUT2D eigenvalue weighted by molar-refractivity contribution is 5.76. The van der Waals surface area contributed by atoms with Crippen molar-refractivity contribution in [3.8, 4) is 0 Å². The molecule has 0 radical (unpaired) electrons. The molecule has 4 heteroatoms. The highest BCUT2D eigenvalue weighted by atomic mass is 16.5. The summed E-state index contributed by atoms with van der Waals surface area (Å²) < 4.78 is 5.47. The molecule has 19 heavy (non-hydrogen) atoms. The standard InChI is InChI=1S/C15H28N2O2/c1-3-12-4-5-15(18)17(8-6-12)10-14(16-2)13-7-9-19-11-13/h12-14,16H,3-11H2,1-2H3. The maximum atomic E-state index is 12.2. The predicted molar refractivity (Wildman–Crippen MR) is 76.0 cm³/mol. The van der Waals surface area contributed by atoms with Crippen LogP contribution in [0.2, 0.25) is 0 Å². The van der Waals surface area contributed by atoms with Crippen LogP contribution >= 0.6 is 0 Å². The maximum absolute atomic E-state index is 12.2. The van der Waals surface area contributed by atoms with Crippen LogP contribution in [0.5, 0.6) is 0 Å². The zero-order valence-electron chi connectivity index (χ0n) is 12.4. The maximum Gasteiger partial charge on any atom is 0.222 e. The Kier molecular flexibility index (Phi) is 5.64. The summed E-state index contributed by atoms with van der Waals surface area (Å²) in [4.78, 5) is 14.3. The van der Waals surface area contributed by atoms with Crippen LogP contribution < -0.4 is 5.32 Å². The van der Waals surface area contributed by atoms with Gasteiger partial charge in [-0.2, -0.15) is 0 Å². The number of carbonyl (C=O) groups excluding carboxylic acids is 1. The van der Waals surface area contributed by atoms with Crippen molar-refractivity contribution >= 4 is 5.91 Å². The van der Waals surface area contributed by atoms with Gasteiger partial charge < -0.3 is 15.0 Å². The minimum atomic E-state index is 0.343. The molecule has 0 saturated carbocycles. The number of amides is 1. The first-order valence-corrected chi connectivity index (χ1v) is 7.77. The lowest BCUT2D eigenvalue weighted by Gasteiger charge is -2.29. The van der Waals surface area contributed by atoms with Crippen molar-refractivity contribution in [3.63, 3.8) is 0 Å². The van der Waals surface area contributed by atoms with E-state index in [9.17, 15) is 4.79 Å². The van der Waals surface area contributed by atoms with Crippen molar-refractivity contribution in [1.82, 2.24) is 10.2 Å². The van der Waals surface area contributed by atoms with E-state index < -0.39 is 0 Å². The summed E-state index contributed by atoms with van der Waals surface area (Å²) in [6.45, 7) is 5.72. The molecule has 1 amide bonds. The van der Waals surface area contributed by atoms with Crippen molar-refractivity contribution in [2.45, 2.75) is 45.1 Å². The Bertz CT molecular complexity index is 290. The third-order valence-electron chi connectivity index (χ3n) is 4.83. The molecule has 3 unspecified atom stereocenters. The number of rotatable bonds is 5. The van der Waals surface area contributed by atoms with E-state index in [2.05, 4.69) is 17.1 Å². The van der Waals surface area contributed by atoms with E-state index in [1.54, 1.807) is 0 Å². The molecule has 0 aromatic heterocycles. The van der Waals surface area contributed by atoms with Gasteiger partial charge in [-0.25, -0.2) is 0 Å². The number of hydrogen-bond acceptors (Lipinski definition) is 3. The Labute approximate surface area is 116 Å². The van der Waals surface area contributed by atoms with E-state index in [0.29, 0.717) is 17.9 Å². The summed E-state index contributed by atoms with van der Waals surface area (Å²) in [6, 6.07) is 0.379. The van der Waals surface area contributed by atoms with Gasteiger partial charge in [0, 0.05) is 38.1 Å². The topological polar surface area (TPSA) is 41.6 Å². The van der Waals surface area contributed by atoms with Crippen LogP contribution in [0.4, 0.5) is 0 Å². The minimum Gasteiger partial charge on any atom is -0.381 e. The number of likely N-dealkylation sites (tertiary alicyclic amines) is 1. The molecule has 2 saturated heterocycles. The van der Waals surface area contributed by atoms with Gasteiger partial charge in [0.25, 0.3) is 0 Å². The second kappa shape index (κ2) is 7.25. The molecular weight excluding hydrogens is 240 g/mol. The highest BCUT2D eigenvalue weighted by Gasteiger charge is 2.29. The third kappa shape index (κ3) is 3.93. The molecule has 0 aromatic carbocycles. The smallest absolute Gasteiger partial charge is 0.222 e. The fourth-order valence-electron chi connectivity index (χ4n) is 3.28. The third-order valence-corrected chi connectivity index (χ3v) is 4.83. The van der Waals surface area contributed by atoms with Crippen molar-refractivity contribution in [2.75, 3.05) is 33.4 Å². The lowest BCUT2D eigenvalue weighted by atomic mass is 9.98. The van der Waals surface area contributed by atoms with Crippen molar-refractivity contribution in [1.29, 1.82) is 0 Å². The Morgan fingerprint density at radius 2 is 2.26 bits per heavy atom. The first kappa shape index (κ1) is 14.8. The summed E-state index contributed by atoms with van der Waals surface area (Å²) in [7, 11) is 2.00. The fourth-order valence-corrected chi connectivity index (χ4v) is 3.28. The van der Waals surface area contributed by atoms with Gasteiger partial charge in [0.1, 0.15) is 0 Å². The molecule has 2 rings (SSSR count). The number of nitrogens with zero attached hydrogens (tertiary/aromatic N) is 1. The number of carbonyl (C=O) groups is 1. The highest BCUT2D eigenvalue weighted by Crippen LogP contribution is 2.23. The van der Waals surface area contributed by atoms with Crippen LogP contribution in [0.1, 0.15) is 39.0 Å². The van der Waals surface area contributed by atoms with Crippen LogP contribution in [0.25, 0.3) is 0 Å². The first-order valence-electron chi connectivity index (χ1n) is 7.77. The van der Waals surface area contributed by atoms with Gasteiger partial charge in [-0.3, -0.25) is 4.79 Å². The largest absolute Gasteiger partial charge is 0.381 e. The normalized spacial score (nSPS) is 30.4. The molecule has 0 bridgehead atoms. The lowest BCUT2D eigenvalue weighted by Crippen LogP contribution is -2.46. The van der Waals surface area contributed by atoms with Gasteiger partial charge in [-0.1, -0.05) is 13.3 Å². The number of nitrogens with one attached hydrogen (secondary N) is 1. The van der Waals surface area contributed by atoms with Crippen LogP contribution in [-0.2, 0) is 9.53 Å². The number of hydrogen-bond donors (Lipinski definition) is 1. The fraction of sp³-hybridized carbons (Fsp3) is 0.933. The summed E-state index contributed by atoms with van der Waals surface area (Å²) in [5, 5.41) is 3.38. The first-order chi connectivity index (χ1) is 9.24. The Balaban J connectivity index is 1.90. The second-order valence-electron chi connectivity index (χ2n) is 5.96. The van der Waals surface area contributed by atoms with Gasteiger partial charge in [0.15, 0.2) is 0 Å². The number of ether oxygens (including phenoxy) is 1. The van der Waals surface area contributed by atoms with Gasteiger partial charge >= 0.3 is 0 Å². The van der Waals surface area contributed by atoms with Crippen molar-refractivity contribution in [2.24, 2.45) is 11.8 Å². The Hall–Kier alpha value is -0.610. The Morgan fingerprint density at radius 1 is 1.42 bits per heavy atom. The molecule has 1 N–H and O–H groups in total. The SMILES string of the molecule is CCC1CCC(=O)N(CC(NC)C2CCOC2)CC1. The van der Waals surface area contributed by atoms with Crippen LogP contribution in [0.15, 0.2) is 0 Å². The average Bonchev–Trinajstić information content (AvgIpc) is 2.89. The zero-order valence-corrected chi connectivity index (χ0v) is 12.4. The van der Waals surface area contributed by atoms with Gasteiger partial charge in [-0.05, 0) is 32.2 Å². The monoisotopic (exact) mass is 268 g/mol. The molecule has 2 heterocycles. The Morgan fingerprint density at radius 3 is 2.89 bits per heavy atom. The van der Waals surface area contributed by atoms with Gasteiger partial charge in [0.2, 0.25) is 5.91 Å². The molecule has 2 aliphatic heterocycles. The van der Waals surface area contributed by atoms with Crippen molar-refractivity contribution < 1.29 is 9.53 Å². The summed E-state index contributed by atoms with van der Waals surface area (Å²) in [5.41, 5.74) is 0. The van der Waals surface area contributed by atoms with Gasteiger partial charge in [0.05, 0.1) is 6.61 Å². The molecule has 0 aliphatic carbocycles. The molecule has 2 fully saturated rings. The van der Waals surface area contributed by atoms with E-state index in [1.165, 1.54) is 12.8 Å². The van der Waals surface area contributed by atoms with Crippen LogP contribution in [0.3, 0.4) is 0 Å². The van der Waals surface area contributed by atoms with E-state index in [-0.39, 0.29) is 0 Å². The van der Waals surface area contributed by atoms with E-state index in [1.807, 2.05) is 7.05 Å². The molecule has 0 aromatic rings. The number of likely N-dealkylation sites (N-methyl/N-ethyl adjacent to an activating group) is 1. The molecule has 0 spiro atoms. The average molecular weight is 268 g/mol. The van der Waals surface area contributed by atoms with Crippen LogP contribution in [-0.4, -0.2) is 50.2 Å². The second-order valence-corrected chi connectivity index (χ2v) is 5.96. The quantitative estimate of drug-likeness (QED) is 0.824. The van der Waals surface area contributed by atoms with E-state index >= 15 is 0 Å². The van der Waals surface area contributed by atoms with Gasteiger partial charge in [-0.15, -0.1) is 0 Å². The van der Waals surface area contributed by atoms with Crippen molar-refractivity contribution in [3.05, 3.63) is 0 Å². The molecular formula is C15H28N2O2. The summed E-state index contributed by atoms with van der Waals surface area (Å²) >= 11 is 0. The minimum absolute atomic E-state index is 0.343. The molecule has 110 valence electrons. The van der Waals surface area contributed by atoms with E-state index in [4.69, 9.17) is 4.74 Å². The summed E-state index contributed by atoms with van der Waals surface area (Å²) in [6.07, 6.45) is 5.29. The molecule has 4 nitrogen and oxygen atoms in total. The van der Waals surface area contributed by atoms with E-state index in [0.717, 1.165) is 51.5 Å². The van der Waals surface area contributed by atoms with Crippen LogP contribution in [0, 0.1) is 11.8 Å². The summed E-state index contributed by atoms with van der Waals surface area (Å²) in [5.74, 6) is 1.63. The predicted octanol–water partition coefficient (Wildman–Crippen LogP) is 1.65. The lowest BCUT2D eigenvalue weighted by molar-refractivity contribution is -0.131.